The summed E-state index contributed by atoms with van der Waals surface area (Å²) in [6, 6.07) is 22.8. The number of unbranched alkanes of at least 4 members (excludes halogenated alkanes) is 1. The minimum atomic E-state index is -1.43. The molecule has 0 aliphatic carbocycles. The second-order valence-electron chi connectivity index (χ2n) is 10.5. The molecule has 1 unspecified atom stereocenters. The van der Waals surface area contributed by atoms with E-state index in [0.717, 1.165) is 28.5 Å². The zero-order valence-electron chi connectivity index (χ0n) is 23.3. The van der Waals surface area contributed by atoms with Gasteiger partial charge in [0.15, 0.2) is 0 Å². The van der Waals surface area contributed by atoms with Gasteiger partial charge in [-0.1, -0.05) is 54.1 Å². The smallest absolute Gasteiger partial charge is 0.254 e. The number of para-hydroxylation sites is 1. The van der Waals surface area contributed by atoms with Crippen molar-refractivity contribution >= 4 is 28.4 Å². The maximum absolute atomic E-state index is 13.5. The van der Waals surface area contributed by atoms with E-state index in [1.807, 2.05) is 60.7 Å². The van der Waals surface area contributed by atoms with Gasteiger partial charge >= 0.3 is 0 Å². The molecule has 2 atom stereocenters. The van der Waals surface area contributed by atoms with Gasteiger partial charge in [0.1, 0.15) is 11.7 Å². The van der Waals surface area contributed by atoms with E-state index in [2.05, 4.69) is 4.98 Å². The third-order valence-electron chi connectivity index (χ3n) is 7.84. The second kappa shape index (κ2) is 13.1. The minimum absolute atomic E-state index is 0.103. The Balaban J connectivity index is 1.52. The first-order chi connectivity index (χ1) is 19.9. The van der Waals surface area contributed by atoms with Crippen LogP contribution in [0.25, 0.3) is 22.0 Å². The fourth-order valence-electron chi connectivity index (χ4n) is 5.58. The van der Waals surface area contributed by atoms with Crippen molar-refractivity contribution in [2.24, 2.45) is 5.73 Å². The number of fused-ring (bicyclic) bond motifs is 1. The topological polar surface area (TPSA) is 97.9 Å². The van der Waals surface area contributed by atoms with E-state index in [0.29, 0.717) is 60.9 Å². The molecule has 1 amide bonds. The van der Waals surface area contributed by atoms with Crippen LogP contribution >= 0.6 is 11.6 Å². The lowest BCUT2D eigenvalue weighted by Gasteiger charge is -2.43. The summed E-state index contributed by atoms with van der Waals surface area (Å²) in [4.78, 5) is 19.9. The molecule has 0 radical (unpaired) electrons. The highest BCUT2D eigenvalue weighted by atomic mass is 35.5. The largest absolute Gasteiger partial charge is 0.385 e. The Labute approximate surface area is 245 Å². The summed E-state index contributed by atoms with van der Waals surface area (Å²) in [5, 5.41) is 14.1. The SMILES string of the molecule is COCCCC[C@@](O)(c1cccc(Cl)c1-c1cnc2ccccc2c1)C1CN(C(=O)c2ccc(CN)cc2)CCO1. The summed E-state index contributed by atoms with van der Waals surface area (Å²) in [7, 11) is 1.67. The second-order valence-corrected chi connectivity index (χ2v) is 10.9. The zero-order valence-corrected chi connectivity index (χ0v) is 24.0. The average Bonchev–Trinajstić information content (AvgIpc) is 3.02. The summed E-state index contributed by atoms with van der Waals surface area (Å²) in [5.41, 5.74) is 8.90. The minimum Gasteiger partial charge on any atom is -0.385 e. The Bertz CT molecular complexity index is 1500. The number of amides is 1. The Kier molecular flexibility index (Phi) is 9.32. The molecule has 3 aromatic carbocycles. The lowest BCUT2D eigenvalue weighted by atomic mass is 9.79. The molecule has 5 rings (SSSR count). The number of carbonyl (C=O) groups is 1. The van der Waals surface area contributed by atoms with Crippen LogP contribution < -0.4 is 5.73 Å². The van der Waals surface area contributed by atoms with Crippen LogP contribution in [0, 0.1) is 0 Å². The number of hydrogen-bond donors (Lipinski definition) is 2. The number of halogens is 1. The molecule has 1 aromatic heterocycles. The molecule has 1 fully saturated rings. The number of aliphatic hydroxyl groups is 1. The standard InChI is InChI=1S/C33H36ClN3O4/c1-40-17-5-4-15-33(39,30-22-37(16-18-41-30)32(38)24-13-11-23(20-35)12-14-24)27-8-6-9-28(34)31(27)26-19-25-7-2-3-10-29(25)36-21-26/h2-3,6-14,19,21,30,39H,4-5,15-18,20,22,35H2,1H3/t30?,33-/m1/s1. The van der Waals surface area contributed by atoms with Gasteiger partial charge in [0, 0.05) is 60.1 Å². The molecule has 3 N–H and O–H groups in total. The van der Waals surface area contributed by atoms with E-state index in [1.54, 1.807) is 30.3 Å². The molecule has 0 spiro atoms. The van der Waals surface area contributed by atoms with E-state index >= 15 is 0 Å². The van der Waals surface area contributed by atoms with Crippen molar-refractivity contribution in [1.82, 2.24) is 9.88 Å². The highest BCUT2D eigenvalue weighted by Gasteiger charge is 2.44. The van der Waals surface area contributed by atoms with Crippen molar-refractivity contribution < 1.29 is 19.4 Å². The van der Waals surface area contributed by atoms with Crippen LogP contribution in [0.15, 0.2) is 79.0 Å². The maximum Gasteiger partial charge on any atom is 0.254 e. The average molecular weight is 574 g/mol. The van der Waals surface area contributed by atoms with Gasteiger partial charge in [-0.25, -0.2) is 0 Å². The van der Waals surface area contributed by atoms with Crippen molar-refractivity contribution in [2.75, 3.05) is 33.4 Å². The highest BCUT2D eigenvalue weighted by Crippen LogP contribution is 2.43. The van der Waals surface area contributed by atoms with E-state index in [4.69, 9.17) is 26.8 Å². The molecule has 214 valence electrons. The first-order valence-corrected chi connectivity index (χ1v) is 14.4. The maximum atomic E-state index is 13.5. The molecule has 1 aliphatic rings. The fraction of sp³-hybridized carbons (Fsp3) is 0.333. The molecule has 41 heavy (non-hydrogen) atoms. The lowest BCUT2D eigenvalue weighted by molar-refractivity contribution is -0.146. The van der Waals surface area contributed by atoms with Crippen LogP contribution in [0.5, 0.6) is 0 Å². The monoisotopic (exact) mass is 573 g/mol. The van der Waals surface area contributed by atoms with E-state index in [1.165, 1.54) is 0 Å². The van der Waals surface area contributed by atoms with Crippen LogP contribution in [0.1, 0.15) is 40.7 Å². The number of ether oxygens (including phenoxy) is 2. The van der Waals surface area contributed by atoms with Crippen molar-refractivity contribution in [3.8, 4) is 11.1 Å². The van der Waals surface area contributed by atoms with E-state index in [-0.39, 0.29) is 12.5 Å². The van der Waals surface area contributed by atoms with Crippen LogP contribution in [-0.2, 0) is 21.6 Å². The Morgan fingerprint density at radius 1 is 1.15 bits per heavy atom. The number of nitrogens with two attached hydrogens (primary N) is 1. The quantitative estimate of drug-likeness (QED) is 0.241. The van der Waals surface area contributed by atoms with Gasteiger partial charge in [-0.2, -0.15) is 0 Å². The zero-order chi connectivity index (χ0) is 28.8. The van der Waals surface area contributed by atoms with Gasteiger partial charge in [0.2, 0.25) is 0 Å². The third kappa shape index (κ3) is 6.30. The van der Waals surface area contributed by atoms with Gasteiger partial charge in [-0.3, -0.25) is 9.78 Å². The molecule has 0 saturated carbocycles. The van der Waals surface area contributed by atoms with Gasteiger partial charge in [0.05, 0.1) is 18.7 Å². The lowest BCUT2D eigenvalue weighted by Crippen LogP contribution is -2.54. The number of methoxy groups -OCH3 is 1. The summed E-state index contributed by atoms with van der Waals surface area (Å²) < 4.78 is 11.5. The molecule has 7 nitrogen and oxygen atoms in total. The fourth-order valence-corrected chi connectivity index (χ4v) is 5.87. The summed E-state index contributed by atoms with van der Waals surface area (Å²) >= 11 is 6.85. The number of rotatable bonds is 10. The number of aromatic nitrogens is 1. The first-order valence-electron chi connectivity index (χ1n) is 14.0. The van der Waals surface area contributed by atoms with Crippen molar-refractivity contribution in [1.29, 1.82) is 0 Å². The predicted octanol–water partition coefficient (Wildman–Crippen LogP) is 5.56. The number of morpholine rings is 1. The van der Waals surface area contributed by atoms with Crippen molar-refractivity contribution in [3.05, 3.63) is 101 Å². The summed E-state index contributed by atoms with van der Waals surface area (Å²) in [6.07, 6.45) is 3.00. The van der Waals surface area contributed by atoms with Gasteiger partial charge in [-0.15, -0.1) is 0 Å². The van der Waals surface area contributed by atoms with Crippen LogP contribution in [-0.4, -0.2) is 60.4 Å². The van der Waals surface area contributed by atoms with Crippen LogP contribution in [0.3, 0.4) is 0 Å². The number of hydrogen-bond acceptors (Lipinski definition) is 6. The van der Waals surface area contributed by atoms with Gasteiger partial charge < -0.3 is 25.2 Å². The molecule has 2 heterocycles. The number of carbonyl (C=O) groups excluding carboxylic acids is 1. The van der Waals surface area contributed by atoms with Crippen LogP contribution in [0.4, 0.5) is 0 Å². The molecule has 4 aromatic rings. The Hall–Kier alpha value is -3.33. The van der Waals surface area contributed by atoms with E-state index in [9.17, 15) is 9.90 Å². The Morgan fingerprint density at radius 3 is 2.73 bits per heavy atom. The number of nitrogens with zero attached hydrogens (tertiary/aromatic N) is 2. The molecule has 0 bridgehead atoms. The molecular formula is C33H36ClN3O4. The normalized spacial score (nSPS) is 17.0. The van der Waals surface area contributed by atoms with Gasteiger partial charge in [0.25, 0.3) is 5.91 Å². The van der Waals surface area contributed by atoms with Crippen LogP contribution in [0.2, 0.25) is 5.02 Å². The molecular weight excluding hydrogens is 538 g/mol. The molecule has 1 saturated heterocycles. The predicted molar refractivity (Wildman–Crippen MR) is 162 cm³/mol. The molecule has 1 aliphatic heterocycles. The van der Waals surface area contributed by atoms with Gasteiger partial charge in [-0.05, 0) is 60.7 Å². The number of benzene rings is 3. The third-order valence-corrected chi connectivity index (χ3v) is 8.15. The molecule has 8 heteroatoms. The van der Waals surface area contributed by atoms with E-state index < -0.39 is 11.7 Å². The number of pyridine rings is 1. The van der Waals surface area contributed by atoms with Crippen molar-refractivity contribution in [3.63, 3.8) is 0 Å². The summed E-state index contributed by atoms with van der Waals surface area (Å²) in [6.45, 7) is 1.98. The first kappa shape index (κ1) is 29.2. The highest BCUT2D eigenvalue weighted by molar-refractivity contribution is 6.33. The Morgan fingerprint density at radius 2 is 1.95 bits per heavy atom. The van der Waals surface area contributed by atoms with Crippen molar-refractivity contribution in [2.45, 2.75) is 37.5 Å². The summed E-state index contributed by atoms with van der Waals surface area (Å²) in [5.74, 6) is -0.103.